The zero-order chi connectivity index (χ0) is 14.9. The van der Waals surface area contributed by atoms with E-state index in [0.29, 0.717) is 12.8 Å². The van der Waals surface area contributed by atoms with E-state index in [2.05, 4.69) is 6.58 Å². The Hall–Kier alpha value is -0.130. The molecule has 0 fully saturated rings. The van der Waals surface area contributed by atoms with E-state index >= 15 is 0 Å². The first-order valence-corrected chi connectivity index (χ1v) is 8.58. The lowest BCUT2D eigenvalue weighted by atomic mass is 10.0. The van der Waals surface area contributed by atoms with Crippen LogP contribution in [0.1, 0.15) is 46.5 Å². The summed E-state index contributed by atoms with van der Waals surface area (Å²) in [5.74, 6) is 1.17. The topological polar surface area (TPSA) is 34.1 Å². The van der Waals surface area contributed by atoms with Crippen molar-refractivity contribution in [3.63, 3.8) is 0 Å². The average molecular weight is 319 g/mol. The lowest BCUT2D eigenvalue weighted by molar-refractivity contribution is -0.121. The van der Waals surface area contributed by atoms with E-state index in [-0.39, 0.29) is 11.6 Å². The van der Waals surface area contributed by atoms with E-state index in [9.17, 15) is 9.59 Å². The average Bonchev–Trinajstić information content (AvgIpc) is 2.33. The molecule has 0 saturated carbocycles. The number of rotatable bonds is 9. The van der Waals surface area contributed by atoms with Gasteiger partial charge in [0.05, 0.1) is 4.75 Å². The van der Waals surface area contributed by atoms with Gasteiger partial charge in [0, 0.05) is 12.8 Å². The van der Waals surface area contributed by atoms with Crippen molar-refractivity contribution >= 4 is 50.8 Å². The quantitative estimate of drug-likeness (QED) is 0.357. The first-order chi connectivity index (χ1) is 8.83. The molecule has 0 aromatic heterocycles. The highest BCUT2D eigenvalue weighted by atomic mass is 32.2. The Morgan fingerprint density at radius 3 is 2.37 bits per heavy atom. The van der Waals surface area contributed by atoms with Gasteiger partial charge in [-0.15, -0.1) is 11.8 Å². The van der Waals surface area contributed by atoms with E-state index in [1.54, 1.807) is 11.8 Å². The molecule has 0 aliphatic carbocycles. The molecule has 0 aliphatic rings. The third-order valence-electron chi connectivity index (χ3n) is 2.58. The van der Waals surface area contributed by atoms with Crippen LogP contribution in [0.3, 0.4) is 0 Å². The summed E-state index contributed by atoms with van der Waals surface area (Å²) in [6.07, 6.45) is 3.81. The van der Waals surface area contributed by atoms with E-state index in [1.165, 1.54) is 17.8 Å². The number of ketones is 2. The summed E-state index contributed by atoms with van der Waals surface area (Å²) in [6.45, 7) is 9.30. The van der Waals surface area contributed by atoms with Gasteiger partial charge in [-0.3, -0.25) is 9.59 Å². The van der Waals surface area contributed by atoms with Crippen molar-refractivity contribution in [1.29, 1.82) is 0 Å². The predicted octanol–water partition coefficient (Wildman–Crippen LogP) is 4.42. The van der Waals surface area contributed by atoms with Crippen LogP contribution >= 0.6 is 35.7 Å². The maximum absolute atomic E-state index is 12.1. The summed E-state index contributed by atoms with van der Waals surface area (Å²) < 4.78 is 0.351. The Kier molecular flexibility index (Phi) is 9.66. The number of carbonyl (C=O) groups excluding carboxylic acids is 2. The molecule has 5 heteroatoms. The van der Waals surface area contributed by atoms with Gasteiger partial charge in [-0.05, 0) is 38.5 Å². The number of thiocarbonyl (C=S) groups is 1. The van der Waals surface area contributed by atoms with Crippen LogP contribution < -0.4 is 0 Å². The summed E-state index contributed by atoms with van der Waals surface area (Å²) in [6, 6.07) is 0. The smallest absolute Gasteiger partial charge is 0.155 e. The first-order valence-electron chi connectivity index (χ1n) is 6.37. The molecule has 0 aromatic rings. The van der Waals surface area contributed by atoms with E-state index in [1.807, 2.05) is 20.8 Å². The molecule has 0 aromatic carbocycles. The zero-order valence-corrected chi connectivity index (χ0v) is 14.3. The molecule has 0 unspecified atom stereocenters. The molecular weight excluding hydrogens is 296 g/mol. The van der Waals surface area contributed by atoms with Crippen LogP contribution in [-0.4, -0.2) is 25.6 Å². The van der Waals surface area contributed by atoms with Gasteiger partial charge in [-0.2, -0.15) is 0 Å². The molecule has 108 valence electrons. The summed E-state index contributed by atoms with van der Waals surface area (Å²) >= 11 is 8.29. The van der Waals surface area contributed by atoms with E-state index < -0.39 is 4.75 Å². The van der Waals surface area contributed by atoms with Crippen molar-refractivity contribution in [1.82, 2.24) is 0 Å². The molecule has 0 radical (unpaired) electrons. The standard InChI is InChI=1S/C14H22O2S3/c1-5-11(15)9-7-8-10-12(16)14(3,4)19-13(17)18-6-2/h5H,1,6-10H2,2-4H3. The summed E-state index contributed by atoms with van der Waals surface area (Å²) in [5, 5.41) is 0. The second-order valence-corrected chi connectivity index (χ2v) is 8.69. The SMILES string of the molecule is C=CC(=O)CCCCC(=O)C(C)(C)SC(=S)SCC. The largest absolute Gasteiger partial charge is 0.298 e. The van der Waals surface area contributed by atoms with Crippen LogP contribution in [0.2, 0.25) is 0 Å². The molecule has 0 amide bonds. The molecule has 0 bridgehead atoms. The van der Waals surface area contributed by atoms with Gasteiger partial charge in [0.2, 0.25) is 0 Å². The molecule has 0 atom stereocenters. The van der Waals surface area contributed by atoms with Crippen LogP contribution in [0.4, 0.5) is 0 Å². The Bertz CT molecular complexity index is 349. The molecule has 19 heavy (non-hydrogen) atoms. The third kappa shape index (κ3) is 8.60. The van der Waals surface area contributed by atoms with Gasteiger partial charge in [-0.25, -0.2) is 0 Å². The van der Waals surface area contributed by atoms with Gasteiger partial charge in [-0.1, -0.05) is 37.5 Å². The number of hydrogen-bond acceptors (Lipinski definition) is 5. The van der Waals surface area contributed by atoms with Gasteiger partial charge in [0.25, 0.3) is 0 Å². The third-order valence-corrected chi connectivity index (χ3v) is 5.21. The molecular formula is C14H22O2S3. The molecule has 0 spiro atoms. The highest BCUT2D eigenvalue weighted by Crippen LogP contribution is 2.32. The van der Waals surface area contributed by atoms with Gasteiger partial charge < -0.3 is 0 Å². The number of thioether (sulfide) groups is 2. The second kappa shape index (κ2) is 9.72. The van der Waals surface area contributed by atoms with E-state index in [0.717, 1.165) is 22.1 Å². The Morgan fingerprint density at radius 1 is 1.26 bits per heavy atom. The van der Waals surface area contributed by atoms with Crippen LogP contribution in [0.25, 0.3) is 0 Å². The lowest BCUT2D eigenvalue weighted by Gasteiger charge is -2.22. The van der Waals surface area contributed by atoms with Crippen LogP contribution in [0, 0.1) is 0 Å². The molecule has 0 saturated heterocycles. The molecule has 0 aliphatic heterocycles. The van der Waals surface area contributed by atoms with Crippen LogP contribution in [0.15, 0.2) is 12.7 Å². The Morgan fingerprint density at radius 2 is 1.84 bits per heavy atom. The van der Waals surface area contributed by atoms with Gasteiger partial charge in [0.1, 0.15) is 9.31 Å². The van der Waals surface area contributed by atoms with Gasteiger partial charge >= 0.3 is 0 Å². The maximum atomic E-state index is 12.1. The normalized spacial score (nSPS) is 11.1. The fourth-order valence-corrected chi connectivity index (χ4v) is 4.46. The number of allylic oxidation sites excluding steroid dienone is 1. The van der Waals surface area contributed by atoms with Crippen LogP contribution in [-0.2, 0) is 9.59 Å². The number of hydrogen-bond donors (Lipinski definition) is 0. The number of carbonyl (C=O) groups is 2. The Labute approximate surface area is 130 Å². The summed E-state index contributed by atoms with van der Waals surface area (Å²) in [7, 11) is 0. The minimum absolute atomic E-state index is 0.0432. The lowest BCUT2D eigenvalue weighted by Crippen LogP contribution is -2.28. The number of Topliss-reactive ketones (excluding diaryl/α,β-unsaturated/α-hetero) is 1. The van der Waals surface area contributed by atoms with Crippen molar-refractivity contribution in [3.8, 4) is 0 Å². The summed E-state index contributed by atoms with van der Waals surface area (Å²) in [4.78, 5) is 23.2. The second-order valence-electron chi connectivity index (χ2n) is 4.60. The van der Waals surface area contributed by atoms with Crippen molar-refractivity contribution in [2.24, 2.45) is 0 Å². The van der Waals surface area contributed by atoms with Crippen molar-refractivity contribution < 1.29 is 9.59 Å². The highest BCUT2D eigenvalue weighted by Gasteiger charge is 2.29. The van der Waals surface area contributed by atoms with E-state index in [4.69, 9.17) is 12.2 Å². The minimum atomic E-state index is -0.471. The Balaban J connectivity index is 4.07. The van der Waals surface area contributed by atoms with Crippen LogP contribution in [0.5, 0.6) is 0 Å². The summed E-state index contributed by atoms with van der Waals surface area (Å²) in [5.41, 5.74) is 0. The fourth-order valence-electron chi connectivity index (χ4n) is 1.40. The molecule has 0 heterocycles. The molecule has 0 rings (SSSR count). The van der Waals surface area contributed by atoms with Crippen molar-refractivity contribution in [2.75, 3.05) is 5.75 Å². The monoisotopic (exact) mass is 318 g/mol. The zero-order valence-electron chi connectivity index (χ0n) is 11.9. The van der Waals surface area contributed by atoms with Crippen molar-refractivity contribution in [3.05, 3.63) is 12.7 Å². The predicted molar refractivity (Wildman–Crippen MR) is 91.1 cm³/mol. The molecule has 0 N–H and O–H groups in total. The fraction of sp³-hybridized carbons (Fsp3) is 0.643. The van der Waals surface area contributed by atoms with Gasteiger partial charge in [0.15, 0.2) is 5.78 Å². The maximum Gasteiger partial charge on any atom is 0.155 e. The molecule has 2 nitrogen and oxygen atoms in total. The van der Waals surface area contributed by atoms with Crippen molar-refractivity contribution in [2.45, 2.75) is 51.2 Å². The number of unbranched alkanes of at least 4 members (excludes halogenated alkanes) is 1. The first kappa shape index (κ1) is 18.9. The highest BCUT2D eigenvalue weighted by molar-refractivity contribution is 8.47. The minimum Gasteiger partial charge on any atom is -0.298 e.